The highest BCUT2D eigenvalue weighted by molar-refractivity contribution is 6.32. The van der Waals surface area contributed by atoms with Crippen molar-refractivity contribution in [1.82, 2.24) is 0 Å². The molecule has 1 fully saturated rings. The first kappa shape index (κ1) is 17.4. The topological polar surface area (TPSA) is 76.7 Å². The minimum absolute atomic E-state index is 0.0489. The SMILES string of the molecule is O=C(Nc1ccc(Cl)c([N+](=O)[O-])c1)[C@H](c1ccccc1)[NH+]1CCCC1. The van der Waals surface area contributed by atoms with Gasteiger partial charge in [-0.1, -0.05) is 41.9 Å². The third kappa shape index (κ3) is 3.97. The largest absolute Gasteiger partial charge is 0.321 e. The molecule has 130 valence electrons. The van der Waals surface area contributed by atoms with Crippen LogP contribution in [0.2, 0.25) is 5.02 Å². The molecular formula is C18H19ClN3O3+. The number of hydrogen-bond donors (Lipinski definition) is 2. The number of likely N-dealkylation sites (tertiary alicyclic amines) is 1. The van der Waals surface area contributed by atoms with E-state index in [-0.39, 0.29) is 22.7 Å². The highest BCUT2D eigenvalue weighted by Gasteiger charge is 2.33. The molecule has 0 saturated carbocycles. The van der Waals surface area contributed by atoms with Crippen molar-refractivity contribution in [2.45, 2.75) is 18.9 Å². The lowest BCUT2D eigenvalue weighted by atomic mass is 10.0. The van der Waals surface area contributed by atoms with Crippen molar-refractivity contribution in [2.75, 3.05) is 18.4 Å². The minimum Gasteiger partial charge on any atom is -0.321 e. The molecule has 1 aliphatic rings. The van der Waals surface area contributed by atoms with Gasteiger partial charge in [-0.15, -0.1) is 0 Å². The summed E-state index contributed by atoms with van der Waals surface area (Å²) in [6, 6.07) is 13.6. The second kappa shape index (κ2) is 7.63. The molecule has 3 rings (SSSR count). The molecule has 2 aromatic carbocycles. The molecule has 7 heteroatoms. The zero-order valence-electron chi connectivity index (χ0n) is 13.6. The number of nitrogens with zero attached hydrogens (tertiary/aromatic N) is 1. The van der Waals surface area contributed by atoms with Crippen molar-refractivity contribution < 1.29 is 14.6 Å². The smallest absolute Gasteiger partial charge is 0.289 e. The third-order valence-electron chi connectivity index (χ3n) is 4.46. The minimum atomic E-state index is -0.557. The predicted octanol–water partition coefficient (Wildman–Crippen LogP) is 2.61. The van der Waals surface area contributed by atoms with E-state index in [0.29, 0.717) is 5.69 Å². The summed E-state index contributed by atoms with van der Waals surface area (Å²) < 4.78 is 0. The van der Waals surface area contributed by atoms with Crippen molar-refractivity contribution in [3.8, 4) is 0 Å². The fraction of sp³-hybridized carbons (Fsp3) is 0.278. The van der Waals surface area contributed by atoms with Crippen molar-refractivity contribution in [1.29, 1.82) is 0 Å². The molecule has 0 unspecified atom stereocenters. The van der Waals surface area contributed by atoms with E-state index in [4.69, 9.17) is 11.6 Å². The molecule has 2 N–H and O–H groups in total. The number of rotatable bonds is 5. The van der Waals surface area contributed by atoms with E-state index in [0.717, 1.165) is 31.5 Å². The van der Waals surface area contributed by atoms with E-state index >= 15 is 0 Å². The molecule has 0 aliphatic carbocycles. The van der Waals surface area contributed by atoms with Crippen LogP contribution in [0.25, 0.3) is 0 Å². The number of hydrogen-bond acceptors (Lipinski definition) is 3. The lowest BCUT2D eigenvalue weighted by molar-refractivity contribution is -0.909. The number of nitro benzene ring substituents is 1. The summed E-state index contributed by atoms with van der Waals surface area (Å²) in [5.74, 6) is -0.167. The quantitative estimate of drug-likeness (QED) is 0.635. The first-order valence-electron chi connectivity index (χ1n) is 8.20. The maximum absolute atomic E-state index is 12.9. The lowest BCUT2D eigenvalue weighted by Crippen LogP contribution is -3.11. The molecule has 1 amide bonds. The molecule has 0 radical (unpaired) electrons. The van der Waals surface area contributed by atoms with Crippen LogP contribution < -0.4 is 10.2 Å². The van der Waals surface area contributed by atoms with Crippen LogP contribution in [0.15, 0.2) is 48.5 Å². The van der Waals surface area contributed by atoms with Gasteiger partial charge in [0.2, 0.25) is 0 Å². The van der Waals surface area contributed by atoms with Gasteiger partial charge in [-0.3, -0.25) is 14.9 Å². The van der Waals surface area contributed by atoms with Gasteiger partial charge < -0.3 is 10.2 Å². The second-order valence-corrected chi connectivity index (χ2v) is 6.53. The predicted molar refractivity (Wildman–Crippen MR) is 95.8 cm³/mol. The van der Waals surface area contributed by atoms with Gasteiger partial charge in [0.1, 0.15) is 5.02 Å². The molecule has 6 nitrogen and oxygen atoms in total. The van der Waals surface area contributed by atoms with Crippen LogP contribution in [0.4, 0.5) is 11.4 Å². The van der Waals surface area contributed by atoms with Gasteiger partial charge in [0.15, 0.2) is 6.04 Å². The third-order valence-corrected chi connectivity index (χ3v) is 4.78. The van der Waals surface area contributed by atoms with Gasteiger partial charge in [0.05, 0.1) is 18.0 Å². The van der Waals surface area contributed by atoms with Crippen LogP contribution in [0.1, 0.15) is 24.4 Å². The highest BCUT2D eigenvalue weighted by Crippen LogP contribution is 2.27. The van der Waals surface area contributed by atoms with E-state index in [1.165, 1.54) is 17.0 Å². The summed E-state index contributed by atoms with van der Waals surface area (Å²) in [7, 11) is 0. The molecule has 0 aromatic heterocycles. The normalized spacial score (nSPS) is 15.7. The Labute approximate surface area is 150 Å². The number of anilines is 1. The molecule has 1 heterocycles. The fourth-order valence-corrected chi connectivity index (χ4v) is 3.47. The Morgan fingerprint density at radius 3 is 2.48 bits per heavy atom. The van der Waals surface area contributed by atoms with Gasteiger partial charge in [-0.05, 0) is 12.1 Å². The number of halogens is 1. The number of carbonyl (C=O) groups excluding carboxylic acids is 1. The summed E-state index contributed by atoms with van der Waals surface area (Å²) in [5.41, 5.74) is 1.10. The number of nitrogens with one attached hydrogen (secondary N) is 2. The average Bonchev–Trinajstić information content (AvgIpc) is 3.11. The van der Waals surface area contributed by atoms with E-state index in [1.807, 2.05) is 30.3 Å². The maximum Gasteiger partial charge on any atom is 0.289 e. The van der Waals surface area contributed by atoms with E-state index < -0.39 is 4.92 Å². The van der Waals surface area contributed by atoms with Crippen LogP contribution in [0.3, 0.4) is 0 Å². The molecular weight excluding hydrogens is 342 g/mol. The standard InChI is InChI=1S/C18H18ClN3O3/c19-15-9-8-14(12-16(15)22(24)25)20-18(23)17(21-10-4-5-11-21)13-6-2-1-3-7-13/h1-3,6-9,12,17H,4-5,10-11H2,(H,20,23)/p+1/t17-/m0/s1. The number of carbonyl (C=O) groups is 1. The second-order valence-electron chi connectivity index (χ2n) is 6.12. The van der Waals surface area contributed by atoms with Crippen molar-refractivity contribution in [2.24, 2.45) is 0 Å². The summed E-state index contributed by atoms with van der Waals surface area (Å²) in [6.07, 6.45) is 2.19. The average molecular weight is 361 g/mol. The summed E-state index contributed by atoms with van der Waals surface area (Å²) in [5, 5.41) is 13.9. The molecule has 0 spiro atoms. The van der Waals surface area contributed by atoms with Gasteiger partial charge in [-0.25, -0.2) is 0 Å². The number of nitro groups is 1. The monoisotopic (exact) mass is 360 g/mol. The number of benzene rings is 2. The number of amides is 1. The summed E-state index contributed by atoms with van der Waals surface area (Å²) in [6.45, 7) is 1.88. The zero-order chi connectivity index (χ0) is 17.8. The first-order valence-corrected chi connectivity index (χ1v) is 8.58. The molecule has 0 bridgehead atoms. The zero-order valence-corrected chi connectivity index (χ0v) is 14.3. The van der Waals surface area contributed by atoms with Gasteiger partial charge in [0, 0.05) is 30.2 Å². The molecule has 25 heavy (non-hydrogen) atoms. The van der Waals surface area contributed by atoms with Crippen molar-refractivity contribution >= 4 is 28.9 Å². The van der Waals surface area contributed by atoms with Gasteiger partial charge >= 0.3 is 0 Å². The fourth-order valence-electron chi connectivity index (χ4n) is 3.28. The number of quaternary nitrogens is 1. The highest BCUT2D eigenvalue weighted by atomic mass is 35.5. The Bertz CT molecular complexity index is 776. The van der Waals surface area contributed by atoms with Gasteiger partial charge in [-0.2, -0.15) is 0 Å². The summed E-state index contributed by atoms with van der Waals surface area (Å²) >= 11 is 5.83. The van der Waals surface area contributed by atoms with Crippen LogP contribution in [-0.2, 0) is 4.79 Å². The lowest BCUT2D eigenvalue weighted by Gasteiger charge is -2.24. The van der Waals surface area contributed by atoms with Crippen molar-refractivity contribution in [3.05, 3.63) is 69.2 Å². The Kier molecular flexibility index (Phi) is 5.31. The molecule has 1 aliphatic heterocycles. The maximum atomic E-state index is 12.9. The van der Waals surface area contributed by atoms with E-state index in [9.17, 15) is 14.9 Å². The van der Waals surface area contributed by atoms with Gasteiger partial charge in [0.25, 0.3) is 11.6 Å². The Morgan fingerprint density at radius 1 is 1.16 bits per heavy atom. The van der Waals surface area contributed by atoms with Crippen LogP contribution in [-0.4, -0.2) is 23.9 Å². The summed E-state index contributed by atoms with van der Waals surface area (Å²) in [4.78, 5) is 24.6. The molecule has 1 saturated heterocycles. The Hall–Kier alpha value is -2.44. The van der Waals surface area contributed by atoms with E-state index in [2.05, 4.69) is 5.32 Å². The Balaban J connectivity index is 1.86. The Morgan fingerprint density at radius 2 is 1.84 bits per heavy atom. The van der Waals surface area contributed by atoms with Crippen LogP contribution in [0.5, 0.6) is 0 Å². The van der Waals surface area contributed by atoms with E-state index in [1.54, 1.807) is 6.07 Å². The van der Waals surface area contributed by atoms with Crippen LogP contribution in [0, 0.1) is 10.1 Å². The first-order chi connectivity index (χ1) is 12.1. The van der Waals surface area contributed by atoms with Crippen molar-refractivity contribution in [3.63, 3.8) is 0 Å². The van der Waals surface area contributed by atoms with Crippen LogP contribution >= 0.6 is 11.6 Å². The molecule has 1 atom stereocenters. The molecule has 2 aromatic rings.